The summed E-state index contributed by atoms with van der Waals surface area (Å²) in [5.74, 6) is -0.458. The standard InChI is InChI=1S/C12H15ClN2O4/c1-12(2,3)19-7-11(16)14-9-5-4-8(13)6-10(9)15(17)18/h4-6H,7H2,1-3H3,(H,14,16). The molecule has 0 aliphatic heterocycles. The summed E-state index contributed by atoms with van der Waals surface area (Å²) in [7, 11) is 0. The zero-order valence-corrected chi connectivity index (χ0v) is 11.7. The number of amides is 1. The van der Waals surface area contributed by atoms with Gasteiger partial charge in [-0.3, -0.25) is 14.9 Å². The normalized spacial score (nSPS) is 11.2. The lowest BCUT2D eigenvalue weighted by Gasteiger charge is -2.18. The second kappa shape index (κ2) is 5.99. The topological polar surface area (TPSA) is 81.5 Å². The van der Waals surface area contributed by atoms with E-state index in [0.717, 1.165) is 0 Å². The molecule has 104 valence electrons. The summed E-state index contributed by atoms with van der Waals surface area (Å²) in [5, 5.41) is 13.5. The van der Waals surface area contributed by atoms with Crippen LogP contribution in [0.1, 0.15) is 20.8 Å². The summed E-state index contributed by atoms with van der Waals surface area (Å²) in [6.45, 7) is 5.25. The molecule has 0 aliphatic rings. The molecule has 0 fully saturated rings. The Hall–Kier alpha value is -1.66. The zero-order chi connectivity index (χ0) is 14.6. The lowest BCUT2D eigenvalue weighted by Crippen LogP contribution is -2.27. The molecular weight excluding hydrogens is 272 g/mol. The van der Waals surface area contributed by atoms with Gasteiger partial charge in [0, 0.05) is 11.1 Å². The van der Waals surface area contributed by atoms with Crippen LogP contribution in [0, 0.1) is 10.1 Å². The number of hydrogen-bond acceptors (Lipinski definition) is 4. The SMILES string of the molecule is CC(C)(C)OCC(=O)Nc1ccc(Cl)cc1[N+](=O)[O-]. The molecule has 0 radical (unpaired) electrons. The lowest BCUT2D eigenvalue weighted by molar-refractivity contribution is -0.383. The van der Waals surface area contributed by atoms with Crippen molar-refractivity contribution in [1.29, 1.82) is 0 Å². The maximum atomic E-state index is 11.6. The molecule has 7 heteroatoms. The molecule has 0 aromatic heterocycles. The second-order valence-electron chi connectivity index (χ2n) is 4.87. The van der Waals surface area contributed by atoms with E-state index in [1.54, 1.807) is 0 Å². The van der Waals surface area contributed by atoms with Crippen molar-refractivity contribution < 1.29 is 14.5 Å². The summed E-state index contributed by atoms with van der Waals surface area (Å²) in [6.07, 6.45) is 0. The summed E-state index contributed by atoms with van der Waals surface area (Å²) >= 11 is 5.68. The van der Waals surface area contributed by atoms with Crippen LogP contribution in [0.3, 0.4) is 0 Å². The van der Waals surface area contributed by atoms with Crippen molar-refractivity contribution in [2.75, 3.05) is 11.9 Å². The molecule has 1 aromatic carbocycles. The van der Waals surface area contributed by atoms with Crippen LogP contribution in [-0.2, 0) is 9.53 Å². The van der Waals surface area contributed by atoms with Gasteiger partial charge in [-0.25, -0.2) is 0 Å². The molecule has 0 unspecified atom stereocenters. The Morgan fingerprint density at radius 3 is 2.63 bits per heavy atom. The summed E-state index contributed by atoms with van der Waals surface area (Å²) in [5.41, 5.74) is -0.614. The van der Waals surface area contributed by atoms with E-state index in [1.807, 2.05) is 20.8 Å². The lowest BCUT2D eigenvalue weighted by atomic mass is 10.2. The van der Waals surface area contributed by atoms with Crippen LogP contribution in [-0.4, -0.2) is 23.0 Å². The van der Waals surface area contributed by atoms with Gasteiger partial charge in [0.25, 0.3) is 11.6 Å². The molecule has 0 spiro atoms. The van der Waals surface area contributed by atoms with Crippen LogP contribution in [0.25, 0.3) is 0 Å². The van der Waals surface area contributed by atoms with Gasteiger partial charge >= 0.3 is 0 Å². The molecule has 1 amide bonds. The Labute approximate surface area is 115 Å². The molecular formula is C12H15ClN2O4. The predicted molar refractivity (Wildman–Crippen MR) is 72.4 cm³/mol. The van der Waals surface area contributed by atoms with E-state index < -0.39 is 16.4 Å². The maximum absolute atomic E-state index is 11.6. The molecule has 0 saturated heterocycles. The van der Waals surface area contributed by atoms with E-state index in [1.165, 1.54) is 18.2 Å². The van der Waals surface area contributed by atoms with E-state index in [0.29, 0.717) is 0 Å². The van der Waals surface area contributed by atoms with Crippen LogP contribution < -0.4 is 5.32 Å². The van der Waals surface area contributed by atoms with Crippen molar-refractivity contribution >= 4 is 28.9 Å². The van der Waals surface area contributed by atoms with Gasteiger partial charge in [-0.15, -0.1) is 0 Å². The average molecular weight is 287 g/mol. The Morgan fingerprint density at radius 1 is 1.47 bits per heavy atom. The number of ether oxygens (including phenoxy) is 1. The van der Waals surface area contributed by atoms with Crippen LogP contribution >= 0.6 is 11.6 Å². The number of nitro groups is 1. The molecule has 1 N–H and O–H groups in total. The number of halogens is 1. The first kappa shape index (κ1) is 15.4. The number of nitrogens with one attached hydrogen (secondary N) is 1. The Kier molecular flexibility index (Phi) is 4.85. The van der Waals surface area contributed by atoms with Crippen molar-refractivity contribution in [1.82, 2.24) is 0 Å². The van der Waals surface area contributed by atoms with E-state index in [4.69, 9.17) is 16.3 Å². The van der Waals surface area contributed by atoms with Crippen LogP contribution in [0.5, 0.6) is 0 Å². The quantitative estimate of drug-likeness (QED) is 0.681. The third kappa shape index (κ3) is 5.23. The Morgan fingerprint density at radius 2 is 2.11 bits per heavy atom. The first-order valence-corrected chi connectivity index (χ1v) is 5.94. The van der Waals surface area contributed by atoms with Gasteiger partial charge in [0.1, 0.15) is 12.3 Å². The summed E-state index contributed by atoms with van der Waals surface area (Å²) in [6, 6.07) is 4.03. The number of hydrogen-bond donors (Lipinski definition) is 1. The summed E-state index contributed by atoms with van der Waals surface area (Å²) < 4.78 is 5.28. The Balaban J connectivity index is 2.77. The van der Waals surface area contributed by atoms with Crippen molar-refractivity contribution in [2.24, 2.45) is 0 Å². The Bertz CT molecular complexity index is 497. The number of benzene rings is 1. The van der Waals surface area contributed by atoms with Crippen molar-refractivity contribution in [3.63, 3.8) is 0 Å². The molecule has 0 bridgehead atoms. The van der Waals surface area contributed by atoms with Crippen LogP contribution in [0.15, 0.2) is 18.2 Å². The highest BCUT2D eigenvalue weighted by atomic mass is 35.5. The fourth-order valence-electron chi connectivity index (χ4n) is 1.23. The number of carbonyl (C=O) groups excluding carboxylic acids is 1. The molecule has 0 saturated carbocycles. The molecule has 1 rings (SSSR count). The number of rotatable bonds is 4. The third-order valence-electron chi connectivity index (χ3n) is 2.07. The monoisotopic (exact) mass is 286 g/mol. The molecule has 0 heterocycles. The van der Waals surface area contributed by atoms with Gasteiger partial charge in [-0.1, -0.05) is 11.6 Å². The first-order chi connectivity index (χ1) is 8.69. The maximum Gasteiger partial charge on any atom is 0.294 e. The minimum Gasteiger partial charge on any atom is -0.366 e. The molecule has 1 aromatic rings. The first-order valence-electron chi connectivity index (χ1n) is 5.57. The van der Waals surface area contributed by atoms with E-state index in [9.17, 15) is 14.9 Å². The van der Waals surface area contributed by atoms with Gasteiger partial charge in [0.15, 0.2) is 0 Å². The van der Waals surface area contributed by atoms with Crippen molar-refractivity contribution in [3.8, 4) is 0 Å². The van der Waals surface area contributed by atoms with E-state index in [-0.39, 0.29) is 23.0 Å². The van der Waals surface area contributed by atoms with E-state index in [2.05, 4.69) is 5.32 Å². The fraction of sp³-hybridized carbons (Fsp3) is 0.417. The molecule has 6 nitrogen and oxygen atoms in total. The molecule has 0 aliphatic carbocycles. The highest BCUT2D eigenvalue weighted by molar-refractivity contribution is 6.31. The number of carbonyl (C=O) groups is 1. The minimum atomic E-state index is -0.605. The van der Waals surface area contributed by atoms with Gasteiger partial charge < -0.3 is 10.1 Å². The van der Waals surface area contributed by atoms with Crippen LogP contribution in [0.4, 0.5) is 11.4 Å². The van der Waals surface area contributed by atoms with Gasteiger partial charge in [0.2, 0.25) is 0 Å². The number of nitrogens with zero attached hydrogens (tertiary/aromatic N) is 1. The second-order valence-corrected chi connectivity index (χ2v) is 5.30. The number of anilines is 1. The van der Waals surface area contributed by atoms with Gasteiger partial charge in [-0.05, 0) is 32.9 Å². The molecule has 19 heavy (non-hydrogen) atoms. The largest absolute Gasteiger partial charge is 0.366 e. The zero-order valence-electron chi connectivity index (χ0n) is 10.9. The van der Waals surface area contributed by atoms with E-state index >= 15 is 0 Å². The summed E-state index contributed by atoms with van der Waals surface area (Å²) in [4.78, 5) is 21.9. The average Bonchev–Trinajstić information content (AvgIpc) is 2.28. The van der Waals surface area contributed by atoms with Crippen molar-refractivity contribution in [3.05, 3.63) is 33.3 Å². The highest BCUT2D eigenvalue weighted by Gasteiger charge is 2.18. The van der Waals surface area contributed by atoms with Crippen molar-refractivity contribution in [2.45, 2.75) is 26.4 Å². The van der Waals surface area contributed by atoms with Crippen LogP contribution in [0.2, 0.25) is 5.02 Å². The number of nitro benzene ring substituents is 1. The fourth-order valence-corrected chi connectivity index (χ4v) is 1.40. The van der Waals surface area contributed by atoms with Gasteiger partial charge in [-0.2, -0.15) is 0 Å². The smallest absolute Gasteiger partial charge is 0.294 e. The predicted octanol–water partition coefficient (Wildman–Crippen LogP) is 3.00. The third-order valence-corrected chi connectivity index (χ3v) is 2.30. The minimum absolute atomic E-state index is 0.0944. The molecule has 0 atom stereocenters. The highest BCUT2D eigenvalue weighted by Crippen LogP contribution is 2.27. The van der Waals surface area contributed by atoms with Gasteiger partial charge in [0.05, 0.1) is 10.5 Å².